The Morgan fingerprint density at radius 2 is 1.84 bits per heavy atom. The summed E-state index contributed by atoms with van der Waals surface area (Å²) < 4.78 is 26.4. The first-order valence-electron chi connectivity index (χ1n) is 8.85. The molecule has 2 rings (SSSR count). The lowest BCUT2D eigenvalue weighted by Crippen LogP contribution is -2.31. The molecule has 0 saturated heterocycles. The number of hydrogen-bond acceptors (Lipinski definition) is 4. The molecule has 7 heteroatoms. The Labute approximate surface area is 150 Å². The molecule has 0 radical (unpaired) electrons. The van der Waals surface area contributed by atoms with Crippen LogP contribution in [0.2, 0.25) is 0 Å². The highest BCUT2D eigenvalue weighted by molar-refractivity contribution is 7.88. The standard InChI is InChI=1S/C18H29N3O3S/c1-13(2)21-25(23,24)12-15-8-6-14(7-9-15)11-20-18(22)10-16-4-3-5-17(16)19/h6-9,13,16-17,21H,3-5,10-12,19H2,1-2H3,(H,20,22)/t16-,17+/m0/s1. The number of carbonyl (C=O) groups excluding carboxylic acids is 1. The number of nitrogens with one attached hydrogen (secondary N) is 2. The molecule has 1 aliphatic carbocycles. The van der Waals surface area contributed by atoms with Crippen molar-refractivity contribution in [1.82, 2.24) is 10.0 Å². The maximum Gasteiger partial charge on any atom is 0.220 e. The van der Waals surface area contributed by atoms with Crippen LogP contribution in [0.5, 0.6) is 0 Å². The van der Waals surface area contributed by atoms with E-state index >= 15 is 0 Å². The SMILES string of the molecule is CC(C)NS(=O)(=O)Cc1ccc(CNC(=O)C[C@@H]2CCC[C@H]2N)cc1. The molecule has 1 aromatic carbocycles. The molecule has 25 heavy (non-hydrogen) atoms. The molecule has 6 nitrogen and oxygen atoms in total. The summed E-state index contributed by atoms with van der Waals surface area (Å²) in [5.74, 6) is 0.272. The molecule has 140 valence electrons. The van der Waals surface area contributed by atoms with E-state index in [9.17, 15) is 13.2 Å². The highest BCUT2D eigenvalue weighted by Gasteiger charge is 2.25. The Bertz CT molecular complexity index is 671. The third kappa shape index (κ3) is 6.76. The normalized spacial score (nSPS) is 20.8. The van der Waals surface area contributed by atoms with Gasteiger partial charge in [0.2, 0.25) is 15.9 Å². The molecule has 0 aromatic heterocycles. The summed E-state index contributed by atoms with van der Waals surface area (Å²) in [4.78, 5) is 12.0. The van der Waals surface area contributed by atoms with Gasteiger partial charge in [-0.1, -0.05) is 30.7 Å². The lowest BCUT2D eigenvalue weighted by Gasteiger charge is -2.15. The summed E-state index contributed by atoms with van der Waals surface area (Å²) in [7, 11) is -3.32. The minimum absolute atomic E-state index is 0.0233. The van der Waals surface area contributed by atoms with Gasteiger partial charge in [-0.25, -0.2) is 13.1 Å². The second-order valence-electron chi connectivity index (χ2n) is 7.18. The minimum Gasteiger partial charge on any atom is -0.352 e. The number of benzene rings is 1. The maximum absolute atomic E-state index is 12.0. The summed E-state index contributed by atoms with van der Waals surface area (Å²) in [6.07, 6.45) is 3.63. The molecule has 1 amide bonds. The van der Waals surface area contributed by atoms with Crippen LogP contribution in [-0.2, 0) is 27.1 Å². The quantitative estimate of drug-likeness (QED) is 0.650. The van der Waals surface area contributed by atoms with E-state index in [0.29, 0.717) is 18.9 Å². The predicted octanol–water partition coefficient (Wildman–Crippen LogP) is 1.65. The van der Waals surface area contributed by atoms with E-state index in [4.69, 9.17) is 5.73 Å². The van der Waals surface area contributed by atoms with E-state index < -0.39 is 10.0 Å². The van der Waals surface area contributed by atoms with Crippen molar-refractivity contribution in [3.8, 4) is 0 Å². The summed E-state index contributed by atoms with van der Waals surface area (Å²) in [5, 5.41) is 2.92. The Morgan fingerprint density at radius 3 is 2.40 bits per heavy atom. The van der Waals surface area contributed by atoms with E-state index in [2.05, 4.69) is 10.0 Å². The number of nitrogens with two attached hydrogens (primary N) is 1. The highest BCUT2D eigenvalue weighted by Crippen LogP contribution is 2.26. The number of carbonyl (C=O) groups is 1. The van der Waals surface area contributed by atoms with Gasteiger partial charge in [-0.2, -0.15) is 0 Å². The summed E-state index contributed by atoms with van der Waals surface area (Å²) >= 11 is 0. The van der Waals surface area contributed by atoms with Gasteiger partial charge in [0.15, 0.2) is 0 Å². The van der Waals surface area contributed by atoms with Gasteiger partial charge in [0.1, 0.15) is 0 Å². The van der Waals surface area contributed by atoms with Crippen molar-refractivity contribution >= 4 is 15.9 Å². The fourth-order valence-corrected chi connectivity index (χ4v) is 4.64. The first kappa shape index (κ1) is 19.9. The van der Waals surface area contributed by atoms with Crippen LogP contribution in [0, 0.1) is 5.92 Å². The van der Waals surface area contributed by atoms with Gasteiger partial charge >= 0.3 is 0 Å². The third-order valence-electron chi connectivity index (χ3n) is 4.45. The molecule has 2 atom stereocenters. The van der Waals surface area contributed by atoms with Crippen LogP contribution in [0.3, 0.4) is 0 Å². The van der Waals surface area contributed by atoms with Gasteiger partial charge in [0, 0.05) is 25.0 Å². The fraction of sp³-hybridized carbons (Fsp3) is 0.611. The van der Waals surface area contributed by atoms with Crippen molar-refractivity contribution in [2.24, 2.45) is 11.7 Å². The molecule has 0 unspecified atom stereocenters. The number of amides is 1. The van der Waals surface area contributed by atoms with Crippen molar-refractivity contribution in [2.75, 3.05) is 0 Å². The van der Waals surface area contributed by atoms with Crippen LogP contribution in [0.4, 0.5) is 0 Å². The van der Waals surface area contributed by atoms with Crippen molar-refractivity contribution < 1.29 is 13.2 Å². The van der Waals surface area contributed by atoms with Gasteiger partial charge in [-0.05, 0) is 43.7 Å². The molecule has 0 aliphatic heterocycles. The van der Waals surface area contributed by atoms with E-state index in [-0.39, 0.29) is 23.7 Å². The smallest absolute Gasteiger partial charge is 0.220 e. The van der Waals surface area contributed by atoms with Gasteiger partial charge in [-0.15, -0.1) is 0 Å². The Morgan fingerprint density at radius 1 is 1.20 bits per heavy atom. The molecule has 1 aromatic rings. The van der Waals surface area contributed by atoms with Gasteiger partial charge < -0.3 is 11.1 Å². The number of sulfonamides is 1. The molecule has 0 heterocycles. The Kier molecular flexibility index (Phi) is 6.98. The average Bonchev–Trinajstić information content (AvgIpc) is 2.90. The zero-order chi connectivity index (χ0) is 18.4. The van der Waals surface area contributed by atoms with Gasteiger partial charge in [0.05, 0.1) is 5.75 Å². The Hall–Kier alpha value is -1.44. The zero-order valence-corrected chi connectivity index (χ0v) is 15.8. The molecule has 1 aliphatic rings. The second kappa shape index (κ2) is 8.78. The predicted molar refractivity (Wildman–Crippen MR) is 99.1 cm³/mol. The van der Waals surface area contributed by atoms with Crippen LogP contribution >= 0.6 is 0 Å². The third-order valence-corrected chi connectivity index (χ3v) is 5.99. The lowest BCUT2D eigenvalue weighted by atomic mass is 10.00. The molecule has 1 fully saturated rings. The van der Waals surface area contributed by atoms with E-state index in [1.807, 2.05) is 12.1 Å². The molecular formula is C18H29N3O3S. The fourth-order valence-electron chi connectivity index (χ4n) is 3.20. The van der Waals surface area contributed by atoms with Crippen LogP contribution in [0.1, 0.15) is 50.7 Å². The van der Waals surface area contributed by atoms with Crippen LogP contribution in [0.15, 0.2) is 24.3 Å². The van der Waals surface area contributed by atoms with Gasteiger partial charge in [0.25, 0.3) is 0 Å². The largest absolute Gasteiger partial charge is 0.352 e. The summed E-state index contributed by atoms with van der Waals surface area (Å²) in [6.45, 7) is 4.03. The van der Waals surface area contributed by atoms with Crippen LogP contribution in [0.25, 0.3) is 0 Å². The lowest BCUT2D eigenvalue weighted by molar-refractivity contribution is -0.122. The molecule has 4 N–H and O–H groups in total. The summed E-state index contributed by atoms with van der Waals surface area (Å²) in [5.41, 5.74) is 7.67. The van der Waals surface area contributed by atoms with E-state index in [1.54, 1.807) is 26.0 Å². The minimum atomic E-state index is -3.32. The zero-order valence-electron chi connectivity index (χ0n) is 15.0. The second-order valence-corrected chi connectivity index (χ2v) is 8.94. The molecule has 0 bridgehead atoms. The average molecular weight is 368 g/mol. The molecule has 0 spiro atoms. The first-order valence-corrected chi connectivity index (χ1v) is 10.5. The van der Waals surface area contributed by atoms with Crippen molar-refractivity contribution in [3.63, 3.8) is 0 Å². The first-order chi connectivity index (χ1) is 11.7. The molecular weight excluding hydrogens is 338 g/mol. The van der Waals surface area contributed by atoms with Crippen molar-refractivity contribution in [2.45, 2.75) is 63.9 Å². The number of hydrogen-bond donors (Lipinski definition) is 3. The maximum atomic E-state index is 12.0. The van der Waals surface area contributed by atoms with Gasteiger partial charge in [-0.3, -0.25) is 4.79 Å². The van der Waals surface area contributed by atoms with Crippen LogP contribution < -0.4 is 15.8 Å². The number of rotatable bonds is 8. The summed E-state index contributed by atoms with van der Waals surface area (Å²) in [6, 6.07) is 7.30. The molecule has 1 saturated carbocycles. The van der Waals surface area contributed by atoms with Crippen molar-refractivity contribution in [1.29, 1.82) is 0 Å². The highest BCUT2D eigenvalue weighted by atomic mass is 32.2. The van der Waals surface area contributed by atoms with E-state index in [0.717, 1.165) is 30.4 Å². The van der Waals surface area contributed by atoms with E-state index in [1.165, 1.54) is 0 Å². The van der Waals surface area contributed by atoms with Crippen LogP contribution in [-0.4, -0.2) is 26.4 Å². The van der Waals surface area contributed by atoms with Crippen molar-refractivity contribution in [3.05, 3.63) is 35.4 Å². The Balaban J connectivity index is 1.81. The monoisotopic (exact) mass is 367 g/mol. The topological polar surface area (TPSA) is 101 Å².